The molecule has 1 unspecified atom stereocenters. The number of carbonyl (C=O) groups excluding carboxylic acids is 3. The minimum Gasteiger partial charge on any atom is -0.367 e. The number of nitrogens with one attached hydrogen (secondary N) is 1. The van der Waals surface area contributed by atoms with Crippen molar-refractivity contribution in [3.05, 3.63) is 95.3 Å². The Morgan fingerprint density at radius 3 is 2.15 bits per heavy atom. The van der Waals surface area contributed by atoms with E-state index in [4.69, 9.17) is 0 Å². The Balaban J connectivity index is 1.35. The summed E-state index contributed by atoms with van der Waals surface area (Å²) in [5, 5.41) is 2.76. The van der Waals surface area contributed by atoms with Gasteiger partial charge in [-0.15, -0.1) is 0 Å². The van der Waals surface area contributed by atoms with E-state index in [2.05, 4.69) is 10.2 Å². The number of nitrogens with zero attached hydrogens (tertiary/aromatic N) is 3. The molecule has 2 fully saturated rings. The number of likely N-dealkylation sites (tertiary alicyclic amines) is 1. The van der Waals surface area contributed by atoms with Crippen molar-refractivity contribution >= 4 is 29.1 Å². The molecule has 3 aromatic rings. The molecule has 0 aromatic heterocycles. The monoisotopic (exact) mass is 556 g/mol. The molecule has 214 valence electrons. The van der Waals surface area contributed by atoms with Gasteiger partial charge in [-0.25, -0.2) is 4.39 Å². The number of anilines is 2. The van der Waals surface area contributed by atoms with Gasteiger partial charge in [0.25, 0.3) is 11.8 Å². The highest BCUT2D eigenvalue weighted by atomic mass is 19.1. The average Bonchev–Trinajstić information content (AvgIpc) is 3.02. The summed E-state index contributed by atoms with van der Waals surface area (Å²) < 4.78 is 14.2. The predicted molar refractivity (Wildman–Crippen MR) is 159 cm³/mol. The van der Waals surface area contributed by atoms with Crippen molar-refractivity contribution in [1.29, 1.82) is 0 Å². The lowest BCUT2D eigenvalue weighted by atomic mass is 9.94. The first-order chi connectivity index (χ1) is 20.0. The zero-order valence-electron chi connectivity index (χ0n) is 23.5. The van der Waals surface area contributed by atoms with Crippen molar-refractivity contribution in [2.75, 3.05) is 49.5 Å². The third-order valence-electron chi connectivity index (χ3n) is 8.09. The molecule has 2 aliphatic heterocycles. The lowest BCUT2D eigenvalue weighted by molar-refractivity contribution is -0.133. The van der Waals surface area contributed by atoms with Crippen LogP contribution < -0.4 is 10.2 Å². The van der Waals surface area contributed by atoms with Gasteiger partial charge in [-0.2, -0.15) is 0 Å². The Morgan fingerprint density at radius 2 is 1.46 bits per heavy atom. The zero-order chi connectivity index (χ0) is 28.8. The lowest BCUT2D eigenvalue weighted by Crippen LogP contribution is -2.50. The van der Waals surface area contributed by atoms with Crippen molar-refractivity contribution in [3.63, 3.8) is 0 Å². The van der Waals surface area contributed by atoms with Gasteiger partial charge in [-0.3, -0.25) is 14.4 Å². The van der Waals surface area contributed by atoms with E-state index in [0.717, 1.165) is 36.9 Å². The van der Waals surface area contributed by atoms with Crippen molar-refractivity contribution in [2.45, 2.75) is 38.5 Å². The van der Waals surface area contributed by atoms with E-state index >= 15 is 0 Å². The van der Waals surface area contributed by atoms with E-state index in [-0.39, 0.29) is 23.3 Å². The molecule has 1 N–H and O–H groups in total. The van der Waals surface area contributed by atoms with Crippen LogP contribution in [0.1, 0.15) is 64.8 Å². The van der Waals surface area contributed by atoms with Crippen molar-refractivity contribution in [1.82, 2.24) is 9.80 Å². The summed E-state index contributed by atoms with van der Waals surface area (Å²) in [6.07, 6.45) is 3.77. The van der Waals surface area contributed by atoms with Crippen LogP contribution in [0.5, 0.6) is 0 Å². The zero-order valence-corrected chi connectivity index (χ0v) is 23.5. The van der Waals surface area contributed by atoms with Gasteiger partial charge < -0.3 is 20.0 Å². The summed E-state index contributed by atoms with van der Waals surface area (Å²) in [6.45, 7) is 5.75. The molecular weight excluding hydrogens is 519 g/mol. The van der Waals surface area contributed by atoms with Gasteiger partial charge in [0.15, 0.2) is 0 Å². The molecule has 7 nitrogen and oxygen atoms in total. The smallest absolute Gasteiger partial charge is 0.258 e. The van der Waals surface area contributed by atoms with Crippen LogP contribution in [0.15, 0.2) is 72.8 Å². The van der Waals surface area contributed by atoms with Gasteiger partial charge in [0.2, 0.25) is 5.91 Å². The van der Waals surface area contributed by atoms with Crippen LogP contribution in [-0.4, -0.2) is 66.8 Å². The molecule has 2 heterocycles. The van der Waals surface area contributed by atoms with E-state index < -0.39 is 11.7 Å². The molecular formula is C33H37FN4O3. The molecule has 41 heavy (non-hydrogen) atoms. The molecule has 0 saturated carbocycles. The highest BCUT2D eigenvalue weighted by Crippen LogP contribution is 2.30. The fraction of sp³-hybridized carbons (Fsp3) is 0.364. The maximum absolute atomic E-state index is 14.2. The number of amides is 3. The topological polar surface area (TPSA) is 73.0 Å². The highest BCUT2D eigenvalue weighted by Gasteiger charge is 2.30. The number of hydrogen-bond acceptors (Lipinski definition) is 4. The first-order valence-electron chi connectivity index (χ1n) is 14.5. The summed E-state index contributed by atoms with van der Waals surface area (Å²) in [7, 11) is 0. The molecule has 2 saturated heterocycles. The summed E-state index contributed by atoms with van der Waals surface area (Å²) in [5.74, 6) is -1.28. The molecule has 3 aromatic carbocycles. The number of benzene rings is 3. The minimum atomic E-state index is -0.601. The molecule has 0 aliphatic carbocycles. The number of carbonyl (C=O) groups is 3. The van der Waals surface area contributed by atoms with Crippen LogP contribution in [0.3, 0.4) is 0 Å². The standard InChI is InChI=1S/C33H37FN4O3/c1-2-26(24-11-5-3-6-12-24)32(40)38-21-19-36(20-22-38)30-16-15-25(35-31(39)27-13-7-8-14-29(27)34)23-28(30)33(41)37-17-9-4-10-18-37/h3,5-8,11-16,23,26H,2,4,9-10,17-22H2,1H3,(H,35,39). The number of hydrogen-bond donors (Lipinski definition) is 1. The Kier molecular flexibility index (Phi) is 8.97. The lowest BCUT2D eigenvalue weighted by Gasteiger charge is -2.38. The molecule has 2 aliphatic rings. The van der Waals surface area contributed by atoms with Gasteiger partial charge in [0, 0.05) is 50.6 Å². The van der Waals surface area contributed by atoms with Crippen LogP contribution in [0.2, 0.25) is 0 Å². The van der Waals surface area contributed by atoms with E-state index in [0.29, 0.717) is 50.5 Å². The highest BCUT2D eigenvalue weighted by molar-refractivity contribution is 6.06. The van der Waals surface area contributed by atoms with E-state index in [9.17, 15) is 18.8 Å². The number of rotatable bonds is 7. The van der Waals surface area contributed by atoms with E-state index in [1.54, 1.807) is 18.2 Å². The summed E-state index contributed by atoms with van der Waals surface area (Å²) in [6, 6.07) is 21.0. The number of piperazine rings is 1. The van der Waals surface area contributed by atoms with Gasteiger partial charge in [0.1, 0.15) is 5.82 Å². The Bertz CT molecular complexity index is 1380. The van der Waals surface area contributed by atoms with Crippen LogP contribution in [0.4, 0.5) is 15.8 Å². The number of halogens is 1. The first-order valence-corrected chi connectivity index (χ1v) is 14.5. The van der Waals surface area contributed by atoms with Gasteiger partial charge in [-0.05, 0) is 61.6 Å². The van der Waals surface area contributed by atoms with Crippen LogP contribution in [0.25, 0.3) is 0 Å². The summed E-state index contributed by atoms with van der Waals surface area (Å²) in [4.78, 5) is 45.9. The molecule has 3 amide bonds. The second kappa shape index (κ2) is 13.0. The second-order valence-electron chi connectivity index (χ2n) is 10.7. The van der Waals surface area contributed by atoms with Crippen LogP contribution >= 0.6 is 0 Å². The Morgan fingerprint density at radius 1 is 0.780 bits per heavy atom. The summed E-state index contributed by atoms with van der Waals surface area (Å²) in [5.41, 5.74) is 2.71. The first kappa shape index (κ1) is 28.3. The van der Waals surface area contributed by atoms with Crippen molar-refractivity contribution in [3.8, 4) is 0 Å². The quantitative estimate of drug-likeness (QED) is 0.415. The van der Waals surface area contributed by atoms with E-state index in [1.165, 1.54) is 18.2 Å². The van der Waals surface area contributed by atoms with Crippen molar-refractivity contribution in [2.24, 2.45) is 0 Å². The molecule has 0 bridgehead atoms. The SMILES string of the molecule is CCC(C(=O)N1CCN(c2ccc(NC(=O)c3ccccc3F)cc2C(=O)N2CCCCC2)CC1)c1ccccc1. The van der Waals surface area contributed by atoms with E-state index in [1.807, 2.05) is 53.1 Å². The molecule has 0 radical (unpaired) electrons. The third kappa shape index (κ3) is 6.42. The minimum absolute atomic E-state index is 0.0536. The Labute approximate surface area is 240 Å². The van der Waals surface area contributed by atoms with Crippen LogP contribution in [0, 0.1) is 5.82 Å². The normalized spacial score (nSPS) is 16.3. The molecule has 0 spiro atoms. The fourth-order valence-electron chi connectivity index (χ4n) is 5.80. The maximum Gasteiger partial charge on any atom is 0.258 e. The van der Waals surface area contributed by atoms with Gasteiger partial charge >= 0.3 is 0 Å². The largest absolute Gasteiger partial charge is 0.367 e. The average molecular weight is 557 g/mol. The molecule has 1 atom stereocenters. The Hall–Kier alpha value is -4.20. The molecule has 5 rings (SSSR count). The fourth-order valence-corrected chi connectivity index (χ4v) is 5.80. The summed E-state index contributed by atoms with van der Waals surface area (Å²) >= 11 is 0. The molecule has 8 heteroatoms. The van der Waals surface area contributed by atoms with Crippen molar-refractivity contribution < 1.29 is 18.8 Å². The third-order valence-corrected chi connectivity index (χ3v) is 8.09. The second-order valence-corrected chi connectivity index (χ2v) is 10.7. The predicted octanol–water partition coefficient (Wildman–Crippen LogP) is 5.55. The number of piperidine rings is 1. The van der Waals surface area contributed by atoms with Gasteiger partial charge in [-0.1, -0.05) is 49.4 Å². The van der Waals surface area contributed by atoms with Crippen LogP contribution in [-0.2, 0) is 4.79 Å². The van der Waals surface area contributed by atoms with Gasteiger partial charge in [0.05, 0.1) is 17.0 Å². The maximum atomic E-state index is 14.2.